The molecule has 0 spiro atoms. The summed E-state index contributed by atoms with van der Waals surface area (Å²) in [6.45, 7) is 0. The second-order valence-electron chi connectivity index (χ2n) is 5.81. The lowest BCUT2D eigenvalue weighted by Crippen LogP contribution is -1.99. The highest BCUT2D eigenvalue weighted by Gasteiger charge is 2.09. The molecule has 0 saturated heterocycles. The predicted molar refractivity (Wildman–Crippen MR) is 110 cm³/mol. The van der Waals surface area contributed by atoms with E-state index in [-0.39, 0.29) is 5.82 Å². The van der Waals surface area contributed by atoms with E-state index in [1.54, 1.807) is 18.2 Å². The summed E-state index contributed by atoms with van der Waals surface area (Å²) in [5.74, 6) is 0.821. The molecule has 0 aliphatic heterocycles. The highest BCUT2D eigenvalue weighted by molar-refractivity contribution is 9.10. The monoisotopic (exact) mass is 420 g/mol. The van der Waals surface area contributed by atoms with E-state index in [0.717, 1.165) is 20.9 Å². The van der Waals surface area contributed by atoms with Crippen LogP contribution in [0.3, 0.4) is 0 Å². The summed E-state index contributed by atoms with van der Waals surface area (Å²) in [4.78, 5) is 9.25. The quantitative estimate of drug-likeness (QED) is 0.343. The van der Waals surface area contributed by atoms with Crippen molar-refractivity contribution in [3.8, 4) is 11.4 Å². The summed E-state index contributed by atoms with van der Waals surface area (Å²) in [5, 5.41) is 5.00. The minimum absolute atomic E-state index is 0.328. The summed E-state index contributed by atoms with van der Waals surface area (Å²) in [6, 6.07) is 21.9. The molecule has 0 unspecified atom stereocenters. The second-order valence-corrected chi connectivity index (χ2v) is 6.73. The van der Waals surface area contributed by atoms with Crippen LogP contribution in [0.2, 0.25) is 0 Å². The van der Waals surface area contributed by atoms with Crippen molar-refractivity contribution in [2.45, 2.75) is 0 Å². The largest absolute Gasteiger partial charge is 0.261 e. The third-order valence-corrected chi connectivity index (χ3v) is 4.51. The second kappa shape index (κ2) is 7.63. The molecule has 4 rings (SSSR count). The third-order valence-electron chi connectivity index (χ3n) is 3.98. The molecule has 0 bridgehead atoms. The molecule has 3 aromatic carbocycles. The first-order valence-electron chi connectivity index (χ1n) is 8.27. The lowest BCUT2D eigenvalue weighted by molar-refractivity contribution is 0.626. The Morgan fingerprint density at radius 1 is 0.889 bits per heavy atom. The maximum atomic E-state index is 13.7. The number of hydrogen-bond donors (Lipinski definition) is 1. The molecule has 0 aliphatic rings. The van der Waals surface area contributed by atoms with E-state index in [4.69, 9.17) is 0 Å². The number of nitrogens with zero attached hydrogens (tertiary/aromatic N) is 3. The Bertz CT molecular complexity index is 1130. The molecule has 0 radical (unpaired) electrons. The van der Waals surface area contributed by atoms with Crippen LogP contribution in [0, 0.1) is 5.82 Å². The maximum Gasteiger partial charge on any atom is 0.162 e. The van der Waals surface area contributed by atoms with Crippen molar-refractivity contribution >= 4 is 38.9 Å². The zero-order chi connectivity index (χ0) is 18.6. The number of halogens is 2. The molecule has 4 nitrogen and oxygen atoms in total. The van der Waals surface area contributed by atoms with Crippen LogP contribution < -0.4 is 5.43 Å². The molecule has 0 saturated carbocycles. The van der Waals surface area contributed by atoms with Crippen molar-refractivity contribution in [1.29, 1.82) is 0 Å². The summed E-state index contributed by atoms with van der Waals surface area (Å²) in [6.07, 6.45) is 1.44. The molecule has 1 N–H and O–H groups in total. The molecular formula is C21H14BrFN4. The van der Waals surface area contributed by atoms with Gasteiger partial charge < -0.3 is 0 Å². The molecule has 4 aromatic rings. The Morgan fingerprint density at radius 2 is 1.63 bits per heavy atom. The van der Waals surface area contributed by atoms with E-state index in [1.165, 1.54) is 12.3 Å². The summed E-state index contributed by atoms with van der Waals surface area (Å²) >= 11 is 3.43. The lowest BCUT2D eigenvalue weighted by Gasteiger charge is -2.08. The molecule has 0 fully saturated rings. The van der Waals surface area contributed by atoms with E-state index in [9.17, 15) is 4.39 Å². The fraction of sp³-hybridized carbons (Fsp3) is 0. The number of hydrazone groups is 1. The molecule has 1 heterocycles. The van der Waals surface area contributed by atoms with Crippen LogP contribution in [-0.4, -0.2) is 16.2 Å². The summed E-state index contributed by atoms with van der Waals surface area (Å²) in [7, 11) is 0. The molecule has 0 aliphatic carbocycles. The van der Waals surface area contributed by atoms with Gasteiger partial charge in [-0.1, -0.05) is 58.4 Å². The van der Waals surface area contributed by atoms with Gasteiger partial charge in [0.1, 0.15) is 5.82 Å². The normalized spacial score (nSPS) is 11.2. The van der Waals surface area contributed by atoms with Crippen molar-refractivity contribution in [3.05, 3.63) is 88.6 Å². The summed E-state index contributed by atoms with van der Waals surface area (Å²) in [5.41, 5.74) is 5.02. The van der Waals surface area contributed by atoms with Crippen molar-refractivity contribution in [2.24, 2.45) is 5.10 Å². The maximum absolute atomic E-state index is 13.7. The molecule has 1 aromatic heterocycles. The van der Waals surface area contributed by atoms with Gasteiger partial charge in [0.05, 0.1) is 11.7 Å². The van der Waals surface area contributed by atoms with Crippen LogP contribution in [0.15, 0.2) is 82.4 Å². The van der Waals surface area contributed by atoms with E-state index in [1.807, 2.05) is 48.5 Å². The first-order chi connectivity index (χ1) is 13.2. The van der Waals surface area contributed by atoms with Gasteiger partial charge in [0.2, 0.25) is 0 Å². The van der Waals surface area contributed by atoms with Crippen molar-refractivity contribution < 1.29 is 4.39 Å². The molecule has 0 amide bonds. The molecule has 6 heteroatoms. The van der Waals surface area contributed by atoms with Crippen LogP contribution in [-0.2, 0) is 0 Å². The van der Waals surface area contributed by atoms with Gasteiger partial charge in [-0.2, -0.15) is 5.10 Å². The van der Waals surface area contributed by atoms with Gasteiger partial charge >= 0.3 is 0 Å². The van der Waals surface area contributed by atoms with Crippen LogP contribution in [0.1, 0.15) is 5.56 Å². The van der Waals surface area contributed by atoms with Gasteiger partial charge in [0.15, 0.2) is 11.6 Å². The van der Waals surface area contributed by atoms with Crippen LogP contribution in [0.4, 0.5) is 10.2 Å². The average molecular weight is 421 g/mol. The number of hydrogen-bond acceptors (Lipinski definition) is 4. The Morgan fingerprint density at radius 3 is 2.44 bits per heavy atom. The van der Waals surface area contributed by atoms with E-state index in [2.05, 4.69) is 36.4 Å². The van der Waals surface area contributed by atoms with E-state index < -0.39 is 0 Å². The number of aromatic nitrogens is 2. The fourth-order valence-corrected chi connectivity index (χ4v) is 2.90. The molecule has 0 atom stereocenters. The molecular weight excluding hydrogens is 407 g/mol. The Labute approximate surface area is 163 Å². The van der Waals surface area contributed by atoms with Gasteiger partial charge in [-0.25, -0.2) is 14.4 Å². The first kappa shape index (κ1) is 17.3. The lowest BCUT2D eigenvalue weighted by atomic mass is 10.2. The highest BCUT2D eigenvalue weighted by Crippen LogP contribution is 2.25. The molecule has 27 heavy (non-hydrogen) atoms. The highest BCUT2D eigenvalue weighted by atomic mass is 79.9. The topological polar surface area (TPSA) is 50.2 Å². The number of para-hydroxylation sites is 1. The number of anilines is 1. The number of rotatable bonds is 4. The Kier molecular flexibility index (Phi) is 4.89. The zero-order valence-electron chi connectivity index (χ0n) is 14.1. The number of fused-ring (bicyclic) bond motifs is 1. The van der Waals surface area contributed by atoms with Gasteiger partial charge in [-0.15, -0.1) is 0 Å². The molecule has 132 valence electrons. The fourth-order valence-electron chi connectivity index (χ4n) is 2.63. The van der Waals surface area contributed by atoms with Gasteiger partial charge in [0, 0.05) is 21.0 Å². The average Bonchev–Trinajstić information content (AvgIpc) is 2.70. The zero-order valence-corrected chi connectivity index (χ0v) is 15.7. The van der Waals surface area contributed by atoms with Gasteiger partial charge in [-0.3, -0.25) is 5.43 Å². The Balaban J connectivity index is 1.72. The standard InChI is InChI=1S/C21H14BrFN4/c22-16-11-9-14(10-12-16)20-25-19-8-4-2-6-17(19)21(26-20)27-24-13-15-5-1-3-7-18(15)23/h1-13H,(H,25,26,27)/b24-13-. The minimum atomic E-state index is -0.328. The first-order valence-corrected chi connectivity index (χ1v) is 9.06. The van der Waals surface area contributed by atoms with Crippen molar-refractivity contribution in [1.82, 2.24) is 9.97 Å². The van der Waals surface area contributed by atoms with Crippen LogP contribution in [0.25, 0.3) is 22.3 Å². The number of benzene rings is 3. The van der Waals surface area contributed by atoms with Crippen molar-refractivity contribution in [3.63, 3.8) is 0 Å². The number of nitrogens with one attached hydrogen (secondary N) is 1. The van der Waals surface area contributed by atoms with Crippen LogP contribution >= 0.6 is 15.9 Å². The smallest absolute Gasteiger partial charge is 0.162 e. The van der Waals surface area contributed by atoms with E-state index in [0.29, 0.717) is 17.2 Å². The Hall–Kier alpha value is -3.12. The van der Waals surface area contributed by atoms with Crippen molar-refractivity contribution in [2.75, 3.05) is 5.43 Å². The summed E-state index contributed by atoms with van der Waals surface area (Å²) < 4.78 is 14.7. The van der Waals surface area contributed by atoms with Gasteiger partial charge in [0.25, 0.3) is 0 Å². The van der Waals surface area contributed by atoms with Gasteiger partial charge in [-0.05, 0) is 30.3 Å². The predicted octanol–water partition coefficient (Wildman–Crippen LogP) is 5.64. The van der Waals surface area contributed by atoms with E-state index >= 15 is 0 Å². The minimum Gasteiger partial charge on any atom is -0.261 e. The third kappa shape index (κ3) is 3.85. The SMILES string of the molecule is Fc1ccccc1/C=N\Nc1nc(-c2ccc(Br)cc2)nc2ccccc12. The van der Waals surface area contributed by atoms with Crippen LogP contribution in [0.5, 0.6) is 0 Å².